The molecular weight excluding hydrogens is 368 g/mol. The number of aromatic nitrogens is 6. The van der Waals surface area contributed by atoms with Crippen LogP contribution in [0.3, 0.4) is 0 Å². The van der Waals surface area contributed by atoms with E-state index >= 15 is 0 Å². The molecule has 1 atom stereocenters. The minimum atomic E-state index is -0.120. The third-order valence-electron chi connectivity index (χ3n) is 5.23. The van der Waals surface area contributed by atoms with Crippen molar-refractivity contribution in [1.82, 2.24) is 34.8 Å². The van der Waals surface area contributed by atoms with Gasteiger partial charge in [0.05, 0.1) is 5.69 Å². The van der Waals surface area contributed by atoms with Gasteiger partial charge in [0.2, 0.25) is 0 Å². The molecule has 0 unspecified atom stereocenters. The molecular formula is C20H26N8O. The second kappa shape index (κ2) is 8.02. The second-order valence-corrected chi connectivity index (χ2v) is 7.70. The van der Waals surface area contributed by atoms with E-state index in [4.69, 9.17) is 0 Å². The number of piperidine rings is 1. The molecule has 0 aliphatic carbocycles. The van der Waals surface area contributed by atoms with Crippen LogP contribution >= 0.6 is 0 Å². The molecule has 152 valence electrons. The van der Waals surface area contributed by atoms with Crippen LogP contribution in [-0.2, 0) is 0 Å². The standard InChI is InChI=1S/C20H26N8O/c1-13(2)28-12-21-26-19(28)16-8-4-5-9-17(16)23-20(29)27-10-6-7-15(11-27)18-22-14(3)24-25-18/h4-5,8-9,12-13,15H,6-7,10-11H2,1-3H3,(H,23,29)(H,22,24,25)/t15-/m1/s1. The fraction of sp³-hybridized carbons (Fsp3) is 0.450. The minimum absolute atomic E-state index is 0.120. The van der Waals surface area contributed by atoms with Crippen LogP contribution in [0.2, 0.25) is 0 Å². The molecule has 2 amide bonds. The Morgan fingerprint density at radius 3 is 2.90 bits per heavy atom. The largest absolute Gasteiger partial charge is 0.324 e. The topological polar surface area (TPSA) is 105 Å². The molecule has 2 N–H and O–H groups in total. The average molecular weight is 394 g/mol. The number of urea groups is 1. The molecule has 0 saturated carbocycles. The van der Waals surface area contributed by atoms with Crippen molar-refractivity contribution in [3.8, 4) is 11.4 Å². The first-order chi connectivity index (χ1) is 14.0. The molecule has 2 aromatic heterocycles. The maximum Gasteiger partial charge on any atom is 0.321 e. The van der Waals surface area contributed by atoms with E-state index in [0.717, 1.165) is 48.1 Å². The number of benzene rings is 1. The molecule has 9 heteroatoms. The van der Waals surface area contributed by atoms with Crippen molar-refractivity contribution in [2.75, 3.05) is 18.4 Å². The third-order valence-corrected chi connectivity index (χ3v) is 5.23. The van der Waals surface area contributed by atoms with E-state index in [2.05, 4.69) is 44.5 Å². The van der Waals surface area contributed by atoms with Gasteiger partial charge in [-0.3, -0.25) is 5.10 Å². The zero-order valence-corrected chi connectivity index (χ0v) is 17.0. The molecule has 3 aromatic rings. The fourth-order valence-corrected chi connectivity index (χ4v) is 3.71. The number of aryl methyl sites for hydroxylation is 1. The van der Waals surface area contributed by atoms with E-state index in [1.54, 1.807) is 6.33 Å². The molecule has 1 aliphatic heterocycles. The van der Waals surface area contributed by atoms with Crippen LogP contribution in [-0.4, -0.2) is 54.0 Å². The van der Waals surface area contributed by atoms with Gasteiger partial charge in [-0.1, -0.05) is 12.1 Å². The Bertz CT molecular complexity index is 992. The number of carbonyl (C=O) groups excluding carboxylic acids is 1. The van der Waals surface area contributed by atoms with E-state index in [9.17, 15) is 4.79 Å². The molecule has 0 spiro atoms. The summed E-state index contributed by atoms with van der Waals surface area (Å²) in [4.78, 5) is 19.3. The Kier molecular flexibility index (Phi) is 5.28. The van der Waals surface area contributed by atoms with E-state index in [1.807, 2.05) is 40.7 Å². The molecule has 29 heavy (non-hydrogen) atoms. The van der Waals surface area contributed by atoms with Crippen LogP contribution in [0.15, 0.2) is 30.6 Å². The van der Waals surface area contributed by atoms with E-state index < -0.39 is 0 Å². The molecule has 3 heterocycles. The van der Waals surface area contributed by atoms with Crippen LogP contribution in [0.1, 0.15) is 50.3 Å². The van der Waals surface area contributed by atoms with Crippen molar-refractivity contribution in [1.29, 1.82) is 0 Å². The number of H-pyrrole nitrogens is 1. The summed E-state index contributed by atoms with van der Waals surface area (Å²) in [6.45, 7) is 7.36. The van der Waals surface area contributed by atoms with Crippen molar-refractivity contribution in [3.05, 3.63) is 42.2 Å². The maximum atomic E-state index is 13.0. The summed E-state index contributed by atoms with van der Waals surface area (Å²) in [5.41, 5.74) is 1.58. The van der Waals surface area contributed by atoms with Gasteiger partial charge >= 0.3 is 6.03 Å². The van der Waals surface area contributed by atoms with Gasteiger partial charge in [-0.25, -0.2) is 9.78 Å². The second-order valence-electron chi connectivity index (χ2n) is 7.70. The fourth-order valence-electron chi connectivity index (χ4n) is 3.71. The Labute approximate surface area is 169 Å². The van der Waals surface area contributed by atoms with Crippen molar-refractivity contribution in [2.45, 2.75) is 45.6 Å². The van der Waals surface area contributed by atoms with Crippen molar-refractivity contribution in [3.63, 3.8) is 0 Å². The highest BCUT2D eigenvalue weighted by atomic mass is 16.2. The lowest BCUT2D eigenvalue weighted by atomic mass is 9.97. The summed E-state index contributed by atoms with van der Waals surface area (Å²) in [6, 6.07) is 7.79. The molecule has 4 rings (SSSR count). The molecule has 9 nitrogen and oxygen atoms in total. The molecule has 1 saturated heterocycles. The highest BCUT2D eigenvalue weighted by Gasteiger charge is 2.27. The van der Waals surface area contributed by atoms with Crippen molar-refractivity contribution >= 4 is 11.7 Å². The summed E-state index contributed by atoms with van der Waals surface area (Å²) >= 11 is 0. The van der Waals surface area contributed by atoms with Gasteiger partial charge in [0, 0.05) is 30.6 Å². The lowest BCUT2D eigenvalue weighted by Crippen LogP contribution is -2.42. The van der Waals surface area contributed by atoms with E-state index in [1.165, 1.54) is 0 Å². The maximum absolute atomic E-state index is 13.0. The molecule has 0 bridgehead atoms. The van der Waals surface area contributed by atoms with Gasteiger partial charge in [-0.2, -0.15) is 5.10 Å². The number of nitrogens with zero attached hydrogens (tertiary/aromatic N) is 6. The molecule has 1 fully saturated rings. The quantitative estimate of drug-likeness (QED) is 0.706. The summed E-state index contributed by atoms with van der Waals surface area (Å²) in [5.74, 6) is 2.47. The highest BCUT2D eigenvalue weighted by Crippen LogP contribution is 2.29. The molecule has 1 aromatic carbocycles. The zero-order chi connectivity index (χ0) is 20.4. The Morgan fingerprint density at radius 2 is 2.14 bits per heavy atom. The minimum Gasteiger partial charge on any atom is -0.324 e. The predicted molar refractivity (Wildman–Crippen MR) is 110 cm³/mol. The number of anilines is 1. The van der Waals surface area contributed by atoms with Gasteiger partial charge in [0.15, 0.2) is 11.6 Å². The number of carbonyl (C=O) groups is 1. The van der Waals surface area contributed by atoms with Crippen molar-refractivity contribution in [2.24, 2.45) is 0 Å². The van der Waals surface area contributed by atoms with Crippen LogP contribution in [0, 0.1) is 6.92 Å². The first kappa shape index (κ1) is 19.1. The SMILES string of the molecule is Cc1nc([C@@H]2CCCN(C(=O)Nc3ccccc3-c3nncn3C(C)C)C2)n[nH]1. The van der Waals surface area contributed by atoms with Gasteiger partial charge in [-0.05, 0) is 45.7 Å². The molecule has 1 aliphatic rings. The summed E-state index contributed by atoms with van der Waals surface area (Å²) in [6.07, 6.45) is 3.62. The number of likely N-dealkylation sites (tertiary alicyclic amines) is 1. The Balaban J connectivity index is 1.52. The van der Waals surface area contributed by atoms with E-state index in [-0.39, 0.29) is 18.0 Å². The lowest BCUT2D eigenvalue weighted by Gasteiger charge is -2.31. The first-order valence-electron chi connectivity index (χ1n) is 9.96. The summed E-state index contributed by atoms with van der Waals surface area (Å²) < 4.78 is 1.99. The third kappa shape index (κ3) is 3.98. The number of amides is 2. The smallest absolute Gasteiger partial charge is 0.321 e. The van der Waals surface area contributed by atoms with Crippen LogP contribution in [0.5, 0.6) is 0 Å². The first-order valence-corrected chi connectivity index (χ1v) is 9.96. The van der Waals surface area contributed by atoms with Crippen LogP contribution < -0.4 is 5.32 Å². The van der Waals surface area contributed by atoms with Crippen LogP contribution in [0.4, 0.5) is 10.5 Å². The number of hydrogen-bond acceptors (Lipinski definition) is 5. The average Bonchev–Trinajstić information content (AvgIpc) is 3.38. The van der Waals surface area contributed by atoms with Gasteiger partial charge in [0.25, 0.3) is 0 Å². The van der Waals surface area contributed by atoms with Gasteiger partial charge < -0.3 is 14.8 Å². The van der Waals surface area contributed by atoms with Gasteiger partial charge in [0.1, 0.15) is 12.2 Å². The number of rotatable bonds is 4. The monoisotopic (exact) mass is 394 g/mol. The predicted octanol–water partition coefficient (Wildman–Crippen LogP) is 3.36. The van der Waals surface area contributed by atoms with Crippen molar-refractivity contribution < 1.29 is 4.79 Å². The lowest BCUT2D eigenvalue weighted by molar-refractivity contribution is 0.191. The van der Waals surface area contributed by atoms with Crippen LogP contribution in [0.25, 0.3) is 11.4 Å². The number of para-hydroxylation sites is 1. The summed E-state index contributed by atoms with van der Waals surface area (Å²) in [5, 5.41) is 18.6. The Morgan fingerprint density at radius 1 is 1.31 bits per heavy atom. The number of aromatic amines is 1. The Hall–Kier alpha value is -3.23. The molecule has 0 radical (unpaired) electrons. The highest BCUT2D eigenvalue weighted by molar-refractivity contribution is 5.93. The summed E-state index contributed by atoms with van der Waals surface area (Å²) in [7, 11) is 0. The normalized spacial score (nSPS) is 17.0. The van der Waals surface area contributed by atoms with Gasteiger partial charge in [-0.15, -0.1) is 10.2 Å². The zero-order valence-electron chi connectivity index (χ0n) is 17.0. The number of hydrogen-bond donors (Lipinski definition) is 2. The number of nitrogens with one attached hydrogen (secondary N) is 2. The van der Waals surface area contributed by atoms with E-state index in [0.29, 0.717) is 6.54 Å².